The Morgan fingerprint density at radius 2 is 2.06 bits per heavy atom. The Morgan fingerprint density at radius 3 is 2.56 bits per heavy atom. The molecule has 18 heavy (non-hydrogen) atoms. The fourth-order valence-electron chi connectivity index (χ4n) is 2.08. The Bertz CT molecular complexity index is 541. The van der Waals surface area contributed by atoms with E-state index < -0.39 is 0 Å². The van der Waals surface area contributed by atoms with Crippen LogP contribution in [0, 0.1) is 13.8 Å². The van der Waals surface area contributed by atoms with Crippen molar-refractivity contribution in [1.29, 1.82) is 0 Å². The van der Waals surface area contributed by atoms with Crippen LogP contribution in [0.15, 0.2) is 16.5 Å². The van der Waals surface area contributed by atoms with Gasteiger partial charge in [-0.3, -0.25) is 9.58 Å². The van der Waals surface area contributed by atoms with E-state index in [1.165, 1.54) is 0 Å². The summed E-state index contributed by atoms with van der Waals surface area (Å²) in [5, 5.41) is 4.32. The minimum Gasteiger partial charge on any atom is -0.465 e. The number of nitrogen functional groups attached to an aromatic ring is 1. The van der Waals surface area contributed by atoms with Gasteiger partial charge < -0.3 is 10.2 Å². The predicted molar refractivity (Wildman–Crippen MR) is 71.0 cm³/mol. The average Bonchev–Trinajstić information content (AvgIpc) is 2.78. The first-order valence-electron chi connectivity index (χ1n) is 5.99. The highest BCUT2D eigenvalue weighted by Crippen LogP contribution is 2.18. The number of rotatable bonds is 4. The van der Waals surface area contributed by atoms with Crippen molar-refractivity contribution in [2.75, 3.05) is 12.8 Å². The van der Waals surface area contributed by atoms with E-state index in [4.69, 9.17) is 10.2 Å². The van der Waals surface area contributed by atoms with Crippen LogP contribution in [0.1, 0.15) is 22.8 Å². The zero-order valence-electron chi connectivity index (χ0n) is 11.4. The van der Waals surface area contributed by atoms with E-state index in [1.807, 2.05) is 40.1 Å². The van der Waals surface area contributed by atoms with Gasteiger partial charge in [-0.15, -0.1) is 0 Å². The molecule has 5 nitrogen and oxygen atoms in total. The third-order valence-corrected chi connectivity index (χ3v) is 3.04. The summed E-state index contributed by atoms with van der Waals surface area (Å²) < 4.78 is 7.28. The molecule has 0 saturated heterocycles. The number of hydrogen-bond acceptors (Lipinski definition) is 4. The molecule has 5 heteroatoms. The predicted octanol–water partition coefficient (Wildman–Crippen LogP) is 1.84. The maximum atomic E-state index is 6.00. The van der Waals surface area contributed by atoms with Gasteiger partial charge in [0.15, 0.2) is 0 Å². The Labute approximate surface area is 107 Å². The van der Waals surface area contributed by atoms with E-state index in [2.05, 4.69) is 10.00 Å². The average molecular weight is 248 g/mol. The molecule has 0 spiro atoms. The molecule has 0 aromatic carbocycles. The Morgan fingerprint density at radius 1 is 1.33 bits per heavy atom. The first kappa shape index (κ1) is 12.7. The number of anilines is 1. The molecule has 2 heterocycles. The standard InChI is InChI=1S/C13H20N4O/c1-9-5-6-11(18-9)7-16(3)8-12-10(2)15-17(4)13(12)14/h5-6H,7-8,14H2,1-4H3. The van der Waals surface area contributed by atoms with Gasteiger partial charge >= 0.3 is 0 Å². The maximum Gasteiger partial charge on any atom is 0.126 e. The smallest absolute Gasteiger partial charge is 0.126 e. The largest absolute Gasteiger partial charge is 0.465 e. The summed E-state index contributed by atoms with van der Waals surface area (Å²) in [5.41, 5.74) is 8.07. The lowest BCUT2D eigenvalue weighted by atomic mass is 10.2. The van der Waals surface area contributed by atoms with Crippen LogP contribution < -0.4 is 5.73 Å². The number of furan rings is 1. The molecule has 0 radical (unpaired) electrons. The third kappa shape index (κ3) is 2.56. The lowest BCUT2D eigenvalue weighted by molar-refractivity contribution is 0.285. The lowest BCUT2D eigenvalue weighted by Gasteiger charge is -2.15. The van der Waals surface area contributed by atoms with Gasteiger partial charge in [-0.2, -0.15) is 5.10 Å². The van der Waals surface area contributed by atoms with E-state index in [0.29, 0.717) is 0 Å². The van der Waals surface area contributed by atoms with Gasteiger partial charge in [-0.25, -0.2) is 0 Å². The van der Waals surface area contributed by atoms with Crippen molar-refractivity contribution in [1.82, 2.24) is 14.7 Å². The van der Waals surface area contributed by atoms with Crippen molar-refractivity contribution in [2.45, 2.75) is 26.9 Å². The van der Waals surface area contributed by atoms with Crippen LogP contribution >= 0.6 is 0 Å². The molecule has 0 unspecified atom stereocenters. The van der Waals surface area contributed by atoms with Crippen molar-refractivity contribution in [3.63, 3.8) is 0 Å². The summed E-state index contributed by atoms with van der Waals surface area (Å²) in [6.07, 6.45) is 0. The molecule has 0 aliphatic rings. The second-order valence-corrected chi connectivity index (χ2v) is 4.76. The van der Waals surface area contributed by atoms with Crippen LogP contribution in [0.4, 0.5) is 5.82 Å². The van der Waals surface area contributed by atoms with E-state index in [9.17, 15) is 0 Å². The Hall–Kier alpha value is -1.75. The summed E-state index contributed by atoms with van der Waals surface area (Å²) in [6, 6.07) is 3.98. The molecule has 2 rings (SSSR count). The zero-order chi connectivity index (χ0) is 13.3. The van der Waals surface area contributed by atoms with Gasteiger partial charge in [0.05, 0.1) is 12.2 Å². The molecule has 0 saturated carbocycles. The van der Waals surface area contributed by atoms with E-state index in [-0.39, 0.29) is 0 Å². The zero-order valence-corrected chi connectivity index (χ0v) is 11.4. The number of aromatic nitrogens is 2. The van der Waals surface area contributed by atoms with Gasteiger partial charge in [-0.05, 0) is 33.0 Å². The minimum absolute atomic E-state index is 0.731. The van der Waals surface area contributed by atoms with Gasteiger partial charge in [-0.1, -0.05) is 0 Å². The maximum absolute atomic E-state index is 6.00. The summed E-state index contributed by atoms with van der Waals surface area (Å²) in [4.78, 5) is 2.17. The number of hydrogen-bond donors (Lipinski definition) is 1. The van der Waals surface area contributed by atoms with E-state index >= 15 is 0 Å². The number of nitrogens with two attached hydrogens (primary N) is 1. The summed E-state index contributed by atoms with van der Waals surface area (Å²) in [7, 11) is 3.91. The molecule has 0 amide bonds. The lowest BCUT2D eigenvalue weighted by Crippen LogP contribution is -2.18. The molecule has 0 atom stereocenters. The monoisotopic (exact) mass is 248 g/mol. The van der Waals surface area contributed by atoms with Crippen molar-refractivity contribution in [3.8, 4) is 0 Å². The van der Waals surface area contributed by atoms with Gasteiger partial charge in [0.1, 0.15) is 17.3 Å². The quantitative estimate of drug-likeness (QED) is 0.897. The molecule has 2 aromatic heterocycles. The summed E-state index contributed by atoms with van der Waals surface area (Å²) in [5.74, 6) is 2.64. The molecule has 0 aliphatic carbocycles. The van der Waals surface area contributed by atoms with Crippen LogP contribution in [0.5, 0.6) is 0 Å². The first-order valence-corrected chi connectivity index (χ1v) is 5.99. The molecular formula is C13H20N4O. The van der Waals surface area contributed by atoms with Crippen molar-refractivity contribution >= 4 is 5.82 Å². The van der Waals surface area contributed by atoms with Crippen molar-refractivity contribution < 1.29 is 4.42 Å². The summed E-state index contributed by atoms with van der Waals surface area (Å²) in [6.45, 7) is 5.47. The van der Waals surface area contributed by atoms with Crippen molar-refractivity contribution in [3.05, 3.63) is 34.9 Å². The van der Waals surface area contributed by atoms with Crippen LogP contribution in [0.25, 0.3) is 0 Å². The highest BCUT2D eigenvalue weighted by Gasteiger charge is 2.13. The first-order chi connectivity index (χ1) is 8.47. The fraction of sp³-hybridized carbons (Fsp3) is 0.462. The fourth-order valence-corrected chi connectivity index (χ4v) is 2.08. The number of nitrogens with zero attached hydrogens (tertiary/aromatic N) is 3. The van der Waals surface area contributed by atoms with Crippen molar-refractivity contribution in [2.24, 2.45) is 7.05 Å². The van der Waals surface area contributed by atoms with Gasteiger partial charge in [0.2, 0.25) is 0 Å². The molecule has 0 bridgehead atoms. The van der Waals surface area contributed by atoms with Gasteiger partial charge in [0, 0.05) is 19.2 Å². The molecule has 0 fully saturated rings. The minimum atomic E-state index is 0.731. The highest BCUT2D eigenvalue weighted by molar-refractivity contribution is 5.42. The molecule has 98 valence electrons. The van der Waals surface area contributed by atoms with Crippen LogP contribution in [0.3, 0.4) is 0 Å². The van der Waals surface area contributed by atoms with E-state index in [0.717, 1.165) is 41.7 Å². The normalized spacial score (nSPS) is 11.4. The SMILES string of the molecule is Cc1ccc(CN(C)Cc2c(C)nn(C)c2N)o1. The Kier molecular flexibility index (Phi) is 3.43. The molecule has 0 aliphatic heterocycles. The van der Waals surface area contributed by atoms with Crippen LogP contribution in [0.2, 0.25) is 0 Å². The Balaban J connectivity index is 2.05. The van der Waals surface area contributed by atoms with Crippen LogP contribution in [-0.2, 0) is 20.1 Å². The van der Waals surface area contributed by atoms with Crippen LogP contribution in [-0.4, -0.2) is 21.7 Å². The number of aryl methyl sites for hydroxylation is 3. The molecule has 2 N–H and O–H groups in total. The molecular weight excluding hydrogens is 228 g/mol. The molecule has 2 aromatic rings. The highest BCUT2D eigenvalue weighted by atomic mass is 16.3. The second kappa shape index (κ2) is 4.86. The summed E-state index contributed by atoms with van der Waals surface area (Å²) >= 11 is 0. The topological polar surface area (TPSA) is 60.2 Å². The third-order valence-electron chi connectivity index (χ3n) is 3.04. The van der Waals surface area contributed by atoms with Gasteiger partial charge in [0.25, 0.3) is 0 Å². The van der Waals surface area contributed by atoms with E-state index in [1.54, 1.807) is 4.68 Å². The second-order valence-electron chi connectivity index (χ2n) is 4.76.